The van der Waals surface area contributed by atoms with E-state index in [0.29, 0.717) is 5.92 Å². The molecule has 3 unspecified atom stereocenters. The van der Waals surface area contributed by atoms with Crippen LogP contribution in [0.2, 0.25) is 0 Å². The topological polar surface area (TPSA) is 38.3 Å². The summed E-state index contributed by atoms with van der Waals surface area (Å²) in [6.45, 7) is 6.40. The molecule has 1 aliphatic carbocycles. The van der Waals surface area contributed by atoms with Crippen LogP contribution in [0, 0.1) is 18.8 Å². The van der Waals surface area contributed by atoms with Crippen molar-refractivity contribution in [2.75, 3.05) is 12.4 Å². The lowest BCUT2D eigenvalue weighted by molar-refractivity contribution is -0.143. The van der Waals surface area contributed by atoms with Gasteiger partial charge in [0.2, 0.25) is 0 Å². The standard InChI is InChI=1S/C18H25NO2/c1-12-9-13(2)11-15(10-12)17(18(20)21-4)19-16-8-6-5-7-14(16)3/h5-9,12,15,17,19H,10-11H2,1-4H3. The molecule has 0 amide bonds. The molecule has 1 aliphatic rings. The van der Waals surface area contributed by atoms with Crippen LogP contribution >= 0.6 is 0 Å². The van der Waals surface area contributed by atoms with Crippen molar-refractivity contribution in [2.45, 2.75) is 39.7 Å². The number of carbonyl (C=O) groups is 1. The van der Waals surface area contributed by atoms with Gasteiger partial charge in [0.25, 0.3) is 0 Å². The van der Waals surface area contributed by atoms with Crippen LogP contribution in [0.5, 0.6) is 0 Å². The van der Waals surface area contributed by atoms with Crippen LogP contribution < -0.4 is 5.32 Å². The number of hydrogen-bond acceptors (Lipinski definition) is 3. The second kappa shape index (κ2) is 6.79. The Hall–Kier alpha value is -1.77. The SMILES string of the molecule is COC(=O)C(Nc1ccccc1C)C1CC(C)=CC(C)C1. The van der Waals surface area contributed by atoms with Gasteiger partial charge in [-0.05, 0) is 50.2 Å². The molecule has 1 N–H and O–H groups in total. The van der Waals surface area contributed by atoms with E-state index < -0.39 is 0 Å². The largest absolute Gasteiger partial charge is 0.467 e. The summed E-state index contributed by atoms with van der Waals surface area (Å²) >= 11 is 0. The second-order valence-corrected chi connectivity index (χ2v) is 6.15. The Kier molecular flexibility index (Phi) is 5.05. The fraction of sp³-hybridized carbons (Fsp3) is 0.500. The van der Waals surface area contributed by atoms with Gasteiger partial charge in [0, 0.05) is 5.69 Å². The van der Waals surface area contributed by atoms with Gasteiger partial charge < -0.3 is 10.1 Å². The van der Waals surface area contributed by atoms with Crippen molar-refractivity contribution in [1.82, 2.24) is 0 Å². The lowest BCUT2D eigenvalue weighted by Crippen LogP contribution is -2.40. The average molecular weight is 287 g/mol. The highest BCUT2D eigenvalue weighted by Gasteiger charge is 2.32. The van der Waals surface area contributed by atoms with E-state index in [2.05, 4.69) is 25.2 Å². The number of nitrogens with one attached hydrogen (secondary N) is 1. The molecule has 0 radical (unpaired) electrons. The predicted octanol–water partition coefficient (Wildman–Crippen LogP) is 3.94. The number of methoxy groups -OCH3 is 1. The first kappa shape index (κ1) is 15.6. The molecule has 0 heterocycles. The third-order valence-electron chi connectivity index (χ3n) is 4.21. The number of rotatable bonds is 4. The van der Waals surface area contributed by atoms with Gasteiger partial charge >= 0.3 is 5.97 Å². The summed E-state index contributed by atoms with van der Waals surface area (Å²) in [5.41, 5.74) is 3.51. The summed E-state index contributed by atoms with van der Waals surface area (Å²) in [4.78, 5) is 12.2. The maximum Gasteiger partial charge on any atom is 0.328 e. The molecule has 0 saturated heterocycles. The van der Waals surface area contributed by atoms with Crippen LogP contribution in [0.25, 0.3) is 0 Å². The zero-order valence-corrected chi connectivity index (χ0v) is 13.3. The van der Waals surface area contributed by atoms with Crippen LogP contribution in [-0.2, 0) is 9.53 Å². The molecular weight excluding hydrogens is 262 g/mol. The second-order valence-electron chi connectivity index (χ2n) is 6.15. The van der Waals surface area contributed by atoms with Crippen LogP contribution in [0.15, 0.2) is 35.9 Å². The highest BCUT2D eigenvalue weighted by molar-refractivity contribution is 5.80. The summed E-state index contributed by atoms with van der Waals surface area (Å²) in [6.07, 6.45) is 4.26. The van der Waals surface area contributed by atoms with E-state index in [1.54, 1.807) is 0 Å². The fourth-order valence-electron chi connectivity index (χ4n) is 3.25. The minimum Gasteiger partial charge on any atom is -0.467 e. The zero-order chi connectivity index (χ0) is 15.4. The van der Waals surface area contributed by atoms with E-state index in [1.807, 2.05) is 31.2 Å². The molecule has 0 bridgehead atoms. The molecule has 3 heteroatoms. The quantitative estimate of drug-likeness (QED) is 0.673. The van der Waals surface area contributed by atoms with Crippen molar-refractivity contribution >= 4 is 11.7 Å². The minimum atomic E-state index is -0.290. The molecule has 21 heavy (non-hydrogen) atoms. The molecule has 2 rings (SSSR count). The Balaban J connectivity index is 2.21. The maximum atomic E-state index is 12.2. The molecule has 0 aliphatic heterocycles. The first-order valence-electron chi connectivity index (χ1n) is 7.58. The number of para-hydroxylation sites is 1. The van der Waals surface area contributed by atoms with Crippen LogP contribution in [0.3, 0.4) is 0 Å². The van der Waals surface area contributed by atoms with Gasteiger partial charge in [0.15, 0.2) is 0 Å². The van der Waals surface area contributed by atoms with Crippen molar-refractivity contribution in [3.8, 4) is 0 Å². The van der Waals surface area contributed by atoms with E-state index >= 15 is 0 Å². The zero-order valence-electron chi connectivity index (χ0n) is 13.3. The van der Waals surface area contributed by atoms with Crippen molar-refractivity contribution in [1.29, 1.82) is 0 Å². The Morgan fingerprint density at radius 3 is 2.67 bits per heavy atom. The molecule has 0 fully saturated rings. The maximum absolute atomic E-state index is 12.2. The first-order chi connectivity index (χ1) is 10.0. The van der Waals surface area contributed by atoms with Crippen LogP contribution in [0.1, 0.15) is 32.3 Å². The van der Waals surface area contributed by atoms with E-state index in [4.69, 9.17) is 4.74 Å². The van der Waals surface area contributed by atoms with Crippen molar-refractivity contribution < 1.29 is 9.53 Å². The van der Waals surface area contributed by atoms with E-state index in [9.17, 15) is 4.79 Å². The predicted molar refractivity (Wildman–Crippen MR) is 86.3 cm³/mol. The number of esters is 1. The molecular formula is C18H25NO2. The van der Waals surface area contributed by atoms with Crippen molar-refractivity contribution in [3.63, 3.8) is 0 Å². The van der Waals surface area contributed by atoms with Gasteiger partial charge in [-0.2, -0.15) is 0 Å². The van der Waals surface area contributed by atoms with E-state index in [-0.39, 0.29) is 17.9 Å². The van der Waals surface area contributed by atoms with E-state index in [0.717, 1.165) is 24.1 Å². The van der Waals surface area contributed by atoms with Crippen molar-refractivity contribution in [3.05, 3.63) is 41.5 Å². The number of carbonyl (C=O) groups excluding carboxylic acids is 1. The molecule has 1 aromatic rings. The molecule has 3 nitrogen and oxygen atoms in total. The monoisotopic (exact) mass is 287 g/mol. The number of allylic oxidation sites excluding steroid dienone is 2. The average Bonchev–Trinajstić information content (AvgIpc) is 2.44. The number of anilines is 1. The Morgan fingerprint density at radius 2 is 2.05 bits per heavy atom. The van der Waals surface area contributed by atoms with Gasteiger partial charge in [-0.1, -0.05) is 36.8 Å². The van der Waals surface area contributed by atoms with Gasteiger partial charge in [-0.3, -0.25) is 0 Å². The molecule has 3 atom stereocenters. The van der Waals surface area contributed by atoms with E-state index in [1.165, 1.54) is 12.7 Å². The first-order valence-corrected chi connectivity index (χ1v) is 7.58. The number of benzene rings is 1. The van der Waals surface area contributed by atoms with Gasteiger partial charge in [0.05, 0.1) is 7.11 Å². The minimum absolute atomic E-state index is 0.176. The number of aryl methyl sites for hydroxylation is 1. The molecule has 0 aromatic heterocycles. The number of hydrogen-bond donors (Lipinski definition) is 1. The highest BCUT2D eigenvalue weighted by Crippen LogP contribution is 2.32. The summed E-state index contributed by atoms with van der Waals surface area (Å²) < 4.78 is 5.03. The third-order valence-corrected chi connectivity index (χ3v) is 4.21. The molecule has 114 valence electrons. The summed E-state index contributed by atoms with van der Waals surface area (Å²) in [6, 6.07) is 7.76. The van der Waals surface area contributed by atoms with Crippen LogP contribution in [0.4, 0.5) is 5.69 Å². The molecule has 0 spiro atoms. The Morgan fingerprint density at radius 1 is 1.33 bits per heavy atom. The smallest absolute Gasteiger partial charge is 0.328 e. The van der Waals surface area contributed by atoms with Gasteiger partial charge in [-0.25, -0.2) is 4.79 Å². The lowest BCUT2D eigenvalue weighted by Gasteiger charge is -2.32. The Bertz CT molecular complexity index is 536. The van der Waals surface area contributed by atoms with Crippen LogP contribution in [-0.4, -0.2) is 19.1 Å². The van der Waals surface area contributed by atoms with Crippen molar-refractivity contribution in [2.24, 2.45) is 11.8 Å². The summed E-state index contributed by atoms with van der Waals surface area (Å²) in [5, 5.41) is 3.41. The van der Waals surface area contributed by atoms with Gasteiger partial charge in [0.1, 0.15) is 6.04 Å². The highest BCUT2D eigenvalue weighted by atomic mass is 16.5. The molecule has 1 aromatic carbocycles. The summed E-state index contributed by atoms with van der Waals surface area (Å²) in [7, 11) is 1.46. The fourth-order valence-corrected chi connectivity index (χ4v) is 3.25. The normalized spacial score (nSPS) is 23.1. The lowest BCUT2D eigenvalue weighted by atomic mass is 9.79. The Labute approximate surface area is 127 Å². The van der Waals surface area contributed by atoms with Gasteiger partial charge in [-0.15, -0.1) is 0 Å². The molecule has 0 saturated carbocycles. The number of ether oxygens (including phenoxy) is 1. The summed E-state index contributed by atoms with van der Waals surface area (Å²) in [5.74, 6) is 0.608. The third kappa shape index (κ3) is 3.87.